The van der Waals surface area contributed by atoms with Crippen LogP contribution in [-0.4, -0.2) is 18.7 Å². The van der Waals surface area contributed by atoms with Crippen LogP contribution in [0.2, 0.25) is 0 Å². The summed E-state index contributed by atoms with van der Waals surface area (Å²) in [4.78, 5) is 12.1. The molecule has 3 aromatic carbocycles. The van der Waals surface area contributed by atoms with Gasteiger partial charge in [-0.25, -0.2) is 5.43 Å². The van der Waals surface area contributed by atoms with Crippen molar-refractivity contribution < 1.29 is 14.3 Å². The van der Waals surface area contributed by atoms with E-state index < -0.39 is 0 Å². The standard InChI is InChI=1S/C23H20Br2N2O3/c1-2-29-21-12-18(14-26-27-23(28)17-6-4-3-5-7-17)20(25)13-22(21)30-15-16-8-10-19(24)11-9-16/h3-14H,2,15H2,1H3,(H,27,28)/b26-14-. The maximum absolute atomic E-state index is 12.1. The number of carbonyl (C=O) groups excluding carboxylic acids is 1. The summed E-state index contributed by atoms with van der Waals surface area (Å²) >= 11 is 6.96. The molecule has 3 aromatic rings. The van der Waals surface area contributed by atoms with Crippen molar-refractivity contribution in [1.29, 1.82) is 0 Å². The molecule has 0 aliphatic rings. The van der Waals surface area contributed by atoms with Crippen molar-refractivity contribution in [2.45, 2.75) is 13.5 Å². The van der Waals surface area contributed by atoms with Crippen LogP contribution in [0.3, 0.4) is 0 Å². The van der Waals surface area contributed by atoms with E-state index in [1.807, 2.05) is 49.4 Å². The molecule has 3 rings (SSSR count). The fourth-order valence-corrected chi connectivity index (χ4v) is 3.28. The Kier molecular flexibility index (Phi) is 8.04. The normalized spacial score (nSPS) is 10.8. The van der Waals surface area contributed by atoms with Gasteiger partial charge in [-0.3, -0.25) is 4.79 Å². The van der Waals surface area contributed by atoms with Crippen LogP contribution in [-0.2, 0) is 6.61 Å². The van der Waals surface area contributed by atoms with Crippen molar-refractivity contribution in [2.75, 3.05) is 6.61 Å². The van der Waals surface area contributed by atoms with E-state index in [-0.39, 0.29) is 5.91 Å². The van der Waals surface area contributed by atoms with E-state index in [0.717, 1.165) is 20.1 Å². The highest BCUT2D eigenvalue weighted by atomic mass is 79.9. The number of hydrogen-bond acceptors (Lipinski definition) is 4. The van der Waals surface area contributed by atoms with Crippen LogP contribution in [0.15, 0.2) is 80.8 Å². The average molecular weight is 532 g/mol. The monoisotopic (exact) mass is 530 g/mol. The van der Waals surface area contributed by atoms with Gasteiger partial charge >= 0.3 is 0 Å². The number of rotatable bonds is 8. The molecule has 0 saturated heterocycles. The average Bonchev–Trinajstić information content (AvgIpc) is 2.76. The summed E-state index contributed by atoms with van der Waals surface area (Å²) in [7, 11) is 0. The molecule has 0 atom stereocenters. The molecule has 0 unspecified atom stereocenters. The van der Waals surface area contributed by atoms with Gasteiger partial charge in [0.05, 0.1) is 12.8 Å². The van der Waals surface area contributed by atoms with Crippen molar-refractivity contribution in [3.8, 4) is 11.5 Å². The van der Waals surface area contributed by atoms with Crippen molar-refractivity contribution in [2.24, 2.45) is 5.10 Å². The first-order chi connectivity index (χ1) is 14.6. The number of hydrogen-bond donors (Lipinski definition) is 1. The van der Waals surface area contributed by atoms with E-state index >= 15 is 0 Å². The molecule has 0 saturated carbocycles. The van der Waals surface area contributed by atoms with Crippen LogP contribution in [0.1, 0.15) is 28.4 Å². The molecule has 0 heterocycles. The van der Waals surface area contributed by atoms with Gasteiger partial charge in [-0.05, 0) is 64.8 Å². The van der Waals surface area contributed by atoms with Gasteiger partial charge in [0.1, 0.15) is 6.61 Å². The number of nitrogens with zero attached hydrogens (tertiary/aromatic N) is 1. The molecule has 5 nitrogen and oxygen atoms in total. The quantitative estimate of drug-likeness (QED) is 0.288. The fourth-order valence-electron chi connectivity index (χ4n) is 2.59. The fraction of sp³-hybridized carbons (Fsp3) is 0.130. The van der Waals surface area contributed by atoms with Crippen LogP contribution in [0.25, 0.3) is 0 Å². The Morgan fingerprint density at radius 2 is 1.70 bits per heavy atom. The molecule has 1 amide bonds. The van der Waals surface area contributed by atoms with Crippen LogP contribution in [0, 0.1) is 0 Å². The maximum atomic E-state index is 12.1. The number of benzene rings is 3. The number of halogens is 2. The number of carbonyl (C=O) groups is 1. The Morgan fingerprint density at radius 1 is 1.00 bits per heavy atom. The molecule has 154 valence electrons. The zero-order valence-corrected chi connectivity index (χ0v) is 19.4. The Balaban J connectivity index is 1.71. The molecule has 0 bridgehead atoms. The molecule has 0 spiro atoms. The second-order valence-corrected chi connectivity index (χ2v) is 8.00. The third kappa shape index (κ3) is 6.18. The molecule has 7 heteroatoms. The highest BCUT2D eigenvalue weighted by Crippen LogP contribution is 2.34. The van der Waals surface area contributed by atoms with Crippen LogP contribution < -0.4 is 14.9 Å². The van der Waals surface area contributed by atoms with E-state index in [1.54, 1.807) is 30.5 Å². The van der Waals surface area contributed by atoms with Gasteiger partial charge in [-0.15, -0.1) is 0 Å². The lowest BCUT2D eigenvalue weighted by Crippen LogP contribution is -2.17. The smallest absolute Gasteiger partial charge is 0.271 e. The topological polar surface area (TPSA) is 59.9 Å². The minimum atomic E-state index is -0.276. The second kappa shape index (κ2) is 10.9. The molecule has 0 radical (unpaired) electrons. The third-order valence-electron chi connectivity index (χ3n) is 4.08. The van der Waals surface area contributed by atoms with E-state index in [9.17, 15) is 4.79 Å². The molecule has 0 fully saturated rings. The summed E-state index contributed by atoms with van der Waals surface area (Å²) in [5.74, 6) is 0.952. The van der Waals surface area contributed by atoms with E-state index in [4.69, 9.17) is 9.47 Å². The van der Waals surface area contributed by atoms with Crippen molar-refractivity contribution in [1.82, 2.24) is 5.43 Å². The van der Waals surface area contributed by atoms with Crippen molar-refractivity contribution >= 4 is 44.0 Å². The van der Waals surface area contributed by atoms with Gasteiger partial charge in [0, 0.05) is 20.1 Å². The van der Waals surface area contributed by atoms with E-state index in [2.05, 4.69) is 42.4 Å². The SMILES string of the molecule is CCOc1cc(/C=N\NC(=O)c2ccccc2)c(Br)cc1OCc1ccc(Br)cc1. The van der Waals surface area contributed by atoms with Gasteiger partial charge in [-0.1, -0.05) is 46.3 Å². The zero-order valence-electron chi connectivity index (χ0n) is 16.3. The van der Waals surface area contributed by atoms with E-state index in [1.165, 1.54) is 0 Å². The van der Waals surface area contributed by atoms with Gasteiger partial charge in [0.15, 0.2) is 11.5 Å². The molecular weight excluding hydrogens is 512 g/mol. The van der Waals surface area contributed by atoms with Crippen molar-refractivity contribution in [3.05, 3.63) is 92.4 Å². The Bertz CT molecular complexity index is 1020. The Hall–Kier alpha value is -2.64. The lowest BCUT2D eigenvalue weighted by Gasteiger charge is -2.14. The number of nitrogens with one attached hydrogen (secondary N) is 1. The minimum absolute atomic E-state index is 0.276. The largest absolute Gasteiger partial charge is 0.490 e. The predicted octanol–water partition coefficient (Wildman–Crippen LogP) is 5.95. The number of hydrazone groups is 1. The van der Waals surface area contributed by atoms with Gasteiger partial charge < -0.3 is 9.47 Å². The first-order valence-electron chi connectivity index (χ1n) is 9.29. The predicted molar refractivity (Wildman–Crippen MR) is 125 cm³/mol. The molecule has 0 aliphatic heterocycles. The lowest BCUT2D eigenvalue weighted by atomic mass is 10.2. The first kappa shape index (κ1) is 22.1. The lowest BCUT2D eigenvalue weighted by molar-refractivity contribution is 0.0955. The van der Waals surface area contributed by atoms with Gasteiger partial charge in [-0.2, -0.15) is 5.10 Å². The molecule has 0 aromatic heterocycles. The number of amides is 1. The third-order valence-corrected chi connectivity index (χ3v) is 5.29. The maximum Gasteiger partial charge on any atom is 0.271 e. The summed E-state index contributed by atoms with van der Waals surface area (Å²) in [6.07, 6.45) is 1.56. The first-order valence-corrected chi connectivity index (χ1v) is 10.9. The van der Waals surface area contributed by atoms with Crippen LogP contribution in [0.4, 0.5) is 0 Å². The molecular formula is C23H20Br2N2O3. The second-order valence-electron chi connectivity index (χ2n) is 6.23. The Labute approximate surface area is 192 Å². The van der Waals surface area contributed by atoms with E-state index in [0.29, 0.717) is 30.3 Å². The molecule has 30 heavy (non-hydrogen) atoms. The van der Waals surface area contributed by atoms with Crippen LogP contribution in [0.5, 0.6) is 11.5 Å². The number of ether oxygens (including phenoxy) is 2. The highest BCUT2D eigenvalue weighted by molar-refractivity contribution is 9.10. The van der Waals surface area contributed by atoms with Crippen LogP contribution >= 0.6 is 31.9 Å². The highest BCUT2D eigenvalue weighted by Gasteiger charge is 2.11. The summed E-state index contributed by atoms with van der Waals surface area (Å²) in [6, 6.07) is 20.5. The molecule has 0 aliphatic carbocycles. The summed E-state index contributed by atoms with van der Waals surface area (Å²) in [6.45, 7) is 2.83. The Morgan fingerprint density at radius 3 is 2.40 bits per heavy atom. The molecule has 1 N–H and O–H groups in total. The van der Waals surface area contributed by atoms with Crippen molar-refractivity contribution in [3.63, 3.8) is 0 Å². The summed E-state index contributed by atoms with van der Waals surface area (Å²) in [5, 5.41) is 4.06. The summed E-state index contributed by atoms with van der Waals surface area (Å²) < 4.78 is 13.5. The van der Waals surface area contributed by atoms with Gasteiger partial charge in [0.25, 0.3) is 5.91 Å². The zero-order chi connectivity index (χ0) is 21.3. The van der Waals surface area contributed by atoms with Gasteiger partial charge in [0.2, 0.25) is 0 Å². The summed E-state index contributed by atoms with van der Waals surface area (Å²) in [5.41, 5.74) is 4.87. The minimum Gasteiger partial charge on any atom is -0.490 e.